The molecule has 0 bridgehead atoms. The van der Waals surface area contributed by atoms with Gasteiger partial charge in [0.05, 0.1) is 31.7 Å². The lowest BCUT2D eigenvalue weighted by Crippen LogP contribution is -2.36. The molecule has 1 aliphatic rings. The first-order chi connectivity index (χ1) is 11.6. The molecule has 3 rings (SSSR count). The van der Waals surface area contributed by atoms with Crippen LogP contribution in [-0.2, 0) is 16.1 Å². The van der Waals surface area contributed by atoms with Crippen molar-refractivity contribution in [2.45, 2.75) is 20.4 Å². The second-order valence-corrected chi connectivity index (χ2v) is 7.07. The predicted octanol–water partition coefficient (Wildman–Crippen LogP) is 1.30. The zero-order chi connectivity index (χ0) is 17.1. The number of aromatic nitrogens is 2. The van der Waals surface area contributed by atoms with Crippen LogP contribution in [-0.4, -0.2) is 60.7 Å². The summed E-state index contributed by atoms with van der Waals surface area (Å²) in [6.45, 7) is 8.35. The van der Waals surface area contributed by atoms with Crippen molar-refractivity contribution in [2.75, 3.05) is 45.2 Å². The van der Waals surface area contributed by atoms with Crippen LogP contribution in [0.25, 0.3) is 10.2 Å². The summed E-state index contributed by atoms with van der Waals surface area (Å²) in [6.07, 6.45) is 0. The predicted molar refractivity (Wildman–Crippen MR) is 95.5 cm³/mol. The van der Waals surface area contributed by atoms with Gasteiger partial charge < -0.3 is 15.4 Å². The van der Waals surface area contributed by atoms with Crippen LogP contribution in [0.3, 0.4) is 0 Å². The van der Waals surface area contributed by atoms with E-state index < -0.39 is 0 Å². The first-order valence-corrected chi connectivity index (χ1v) is 8.91. The number of likely N-dealkylation sites (N-methyl/N-ethyl adjacent to an activating group) is 1. The maximum Gasteiger partial charge on any atom is 0.239 e. The average Bonchev–Trinajstić information content (AvgIpc) is 2.87. The molecule has 0 aliphatic carbocycles. The Kier molecular flexibility index (Phi) is 5.27. The number of hydrogen-bond acceptors (Lipinski definition) is 7. The molecular weight excluding hydrogens is 326 g/mol. The molecule has 24 heavy (non-hydrogen) atoms. The van der Waals surface area contributed by atoms with Crippen LogP contribution >= 0.6 is 11.3 Å². The van der Waals surface area contributed by atoms with E-state index in [0.717, 1.165) is 48.2 Å². The molecule has 2 aromatic heterocycles. The van der Waals surface area contributed by atoms with E-state index in [9.17, 15) is 4.79 Å². The highest BCUT2D eigenvalue weighted by molar-refractivity contribution is 7.18. The lowest BCUT2D eigenvalue weighted by molar-refractivity contribution is -0.118. The topological polar surface area (TPSA) is 79.4 Å². The van der Waals surface area contributed by atoms with Gasteiger partial charge in [0.25, 0.3) is 0 Å². The van der Waals surface area contributed by atoms with E-state index in [4.69, 9.17) is 14.7 Å². The van der Waals surface area contributed by atoms with Gasteiger partial charge >= 0.3 is 0 Å². The number of thiophene rings is 1. The standard InChI is InChI=1S/C16H23N5O2S/c1-10-11(2)24-16-14(10)15(18-8-13(22)17-3)19-12(20-16)9-21-4-6-23-7-5-21/h4-9H2,1-3H3,(H,17,22)(H,18,19,20). The van der Waals surface area contributed by atoms with Gasteiger partial charge in [0.15, 0.2) is 0 Å². The lowest BCUT2D eigenvalue weighted by Gasteiger charge is -2.25. The molecule has 0 atom stereocenters. The number of ether oxygens (including phenoxy) is 1. The van der Waals surface area contributed by atoms with E-state index in [1.807, 2.05) is 0 Å². The van der Waals surface area contributed by atoms with Gasteiger partial charge in [-0.25, -0.2) is 9.97 Å². The Balaban J connectivity index is 1.90. The number of hydrogen-bond donors (Lipinski definition) is 2. The fraction of sp³-hybridized carbons (Fsp3) is 0.562. The SMILES string of the molecule is CNC(=O)CNc1nc(CN2CCOCC2)nc2sc(C)c(C)c12. The minimum Gasteiger partial charge on any atom is -0.379 e. The van der Waals surface area contributed by atoms with Crippen LogP contribution in [0, 0.1) is 13.8 Å². The second-order valence-electron chi connectivity index (χ2n) is 5.87. The molecule has 0 spiro atoms. The highest BCUT2D eigenvalue weighted by atomic mass is 32.1. The van der Waals surface area contributed by atoms with E-state index in [1.54, 1.807) is 18.4 Å². The Labute approximate surface area is 145 Å². The number of nitrogens with zero attached hydrogens (tertiary/aromatic N) is 3. The molecule has 130 valence electrons. The smallest absolute Gasteiger partial charge is 0.239 e. The Bertz CT molecular complexity index is 740. The summed E-state index contributed by atoms with van der Waals surface area (Å²) >= 11 is 1.67. The molecular formula is C16H23N5O2S. The summed E-state index contributed by atoms with van der Waals surface area (Å²) in [7, 11) is 1.63. The molecule has 8 heteroatoms. The Hall–Kier alpha value is -1.77. The number of anilines is 1. The number of morpholine rings is 1. The van der Waals surface area contributed by atoms with E-state index in [2.05, 4.69) is 29.4 Å². The van der Waals surface area contributed by atoms with Gasteiger partial charge in [0.2, 0.25) is 5.91 Å². The molecule has 3 heterocycles. The van der Waals surface area contributed by atoms with Gasteiger partial charge in [-0.05, 0) is 19.4 Å². The molecule has 0 saturated carbocycles. The summed E-state index contributed by atoms with van der Waals surface area (Å²) in [5, 5.41) is 6.81. The van der Waals surface area contributed by atoms with Crippen LogP contribution < -0.4 is 10.6 Å². The molecule has 7 nitrogen and oxygen atoms in total. The molecule has 1 amide bonds. The normalized spacial score (nSPS) is 15.6. The first kappa shape index (κ1) is 17.1. The van der Waals surface area contributed by atoms with Crippen molar-refractivity contribution in [1.82, 2.24) is 20.2 Å². The number of carbonyl (C=O) groups excluding carboxylic acids is 1. The van der Waals surface area contributed by atoms with Crippen molar-refractivity contribution in [3.05, 3.63) is 16.3 Å². The van der Waals surface area contributed by atoms with Gasteiger partial charge in [0.1, 0.15) is 16.5 Å². The van der Waals surface area contributed by atoms with Crippen molar-refractivity contribution in [2.24, 2.45) is 0 Å². The largest absolute Gasteiger partial charge is 0.379 e. The maximum atomic E-state index is 11.6. The fourth-order valence-electron chi connectivity index (χ4n) is 2.70. The van der Waals surface area contributed by atoms with Crippen LogP contribution in [0.5, 0.6) is 0 Å². The second kappa shape index (κ2) is 7.42. The van der Waals surface area contributed by atoms with Gasteiger partial charge in [-0.1, -0.05) is 0 Å². The summed E-state index contributed by atoms with van der Waals surface area (Å²) in [6, 6.07) is 0. The van der Waals surface area contributed by atoms with Gasteiger partial charge in [-0.2, -0.15) is 0 Å². The van der Waals surface area contributed by atoms with E-state index in [-0.39, 0.29) is 12.5 Å². The summed E-state index contributed by atoms with van der Waals surface area (Å²) in [5.41, 5.74) is 1.17. The number of nitrogens with one attached hydrogen (secondary N) is 2. The number of amides is 1. The lowest BCUT2D eigenvalue weighted by atomic mass is 10.2. The molecule has 1 fully saturated rings. The molecule has 2 aromatic rings. The van der Waals surface area contributed by atoms with Crippen LogP contribution in [0.15, 0.2) is 0 Å². The van der Waals surface area contributed by atoms with Crippen LogP contribution in [0.1, 0.15) is 16.3 Å². The molecule has 1 aliphatic heterocycles. The van der Waals surface area contributed by atoms with Gasteiger partial charge in [-0.15, -0.1) is 11.3 Å². The Morgan fingerprint density at radius 1 is 1.29 bits per heavy atom. The van der Waals surface area contributed by atoms with Crippen molar-refractivity contribution in [1.29, 1.82) is 0 Å². The number of aryl methyl sites for hydroxylation is 2. The minimum atomic E-state index is -0.0684. The quantitative estimate of drug-likeness (QED) is 0.847. The van der Waals surface area contributed by atoms with Crippen molar-refractivity contribution in [3.63, 3.8) is 0 Å². The minimum absolute atomic E-state index is 0.0684. The van der Waals surface area contributed by atoms with Crippen LogP contribution in [0.2, 0.25) is 0 Å². The zero-order valence-corrected chi connectivity index (χ0v) is 15.1. The van der Waals surface area contributed by atoms with Gasteiger partial charge in [0, 0.05) is 25.0 Å². The number of rotatable bonds is 5. The number of carbonyl (C=O) groups is 1. The third kappa shape index (κ3) is 3.66. The molecule has 0 radical (unpaired) electrons. The summed E-state index contributed by atoms with van der Waals surface area (Å²) in [4.78, 5) is 25.5. The molecule has 0 aromatic carbocycles. The highest BCUT2D eigenvalue weighted by Crippen LogP contribution is 2.33. The number of fused-ring (bicyclic) bond motifs is 1. The third-order valence-electron chi connectivity index (χ3n) is 4.24. The molecule has 0 unspecified atom stereocenters. The fourth-order valence-corrected chi connectivity index (χ4v) is 3.75. The van der Waals surface area contributed by atoms with E-state index in [0.29, 0.717) is 6.54 Å². The van der Waals surface area contributed by atoms with E-state index in [1.165, 1.54) is 10.4 Å². The average molecular weight is 349 g/mol. The molecule has 1 saturated heterocycles. The zero-order valence-electron chi connectivity index (χ0n) is 14.3. The molecule has 2 N–H and O–H groups in total. The summed E-state index contributed by atoms with van der Waals surface area (Å²) in [5.74, 6) is 1.46. The third-order valence-corrected chi connectivity index (χ3v) is 5.34. The highest BCUT2D eigenvalue weighted by Gasteiger charge is 2.18. The monoisotopic (exact) mass is 349 g/mol. The van der Waals surface area contributed by atoms with Crippen molar-refractivity contribution >= 4 is 33.3 Å². The summed E-state index contributed by atoms with van der Waals surface area (Å²) < 4.78 is 5.39. The Morgan fingerprint density at radius 3 is 2.75 bits per heavy atom. The van der Waals surface area contributed by atoms with Crippen molar-refractivity contribution < 1.29 is 9.53 Å². The Morgan fingerprint density at radius 2 is 2.04 bits per heavy atom. The maximum absolute atomic E-state index is 11.6. The van der Waals surface area contributed by atoms with Crippen LogP contribution in [0.4, 0.5) is 5.82 Å². The first-order valence-electron chi connectivity index (χ1n) is 8.09. The van der Waals surface area contributed by atoms with Crippen molar-refractivity contribution in [3.8, 4) is 0 Å². The van der Waals surface area contributed by atoms with Gasteiger partial charge in [-0.3, -0.25) is 9.69 Å². The van der Waals surface area contributed by atoms with E-state index >= 15 is 0 Å².